The molecule has 0 saturated carbocycles. The Kier molecular flexibility index (Phi) is 5.03. The highest BCUT2D eigenvalue weighted by atomic mass is 16.2. The lowest BCUT2D eigenvalue weighted by Gasteiger charge is -2.34. The molecule has 1 aromatic heterocycles. The topological polar surface area (TPSA) is 42.3 Å². The molecular formula is C25H28N2O2. The van der Waals surface area contributed by atoms with Gasteiger partial charge < -0.3 is 9.47 Å². The third-order valence-corrected chi connectivity index (χ3v) is 6.19. The predicted molar refractivity (Wildman–Crippen MR) is 117 cm³/mol. The zero-order valence-corrected chi connectivity index (χ0v) is 17.5. The second-order valence-electron chi connectivity index (χ2n) is 8.38. The van der Waals surface area contributed by atoms with Gasteiger partial charge in [-0.15, -0.1) is 6.58 Å². The molecule has 4 rings (SSSR count). The Morgan fingerprint density at radius 3 is 2.90 bits per heavy atom. The first kappa shape index (κ1) is 19.4. The molecule has 0 aliphatic heterocycles. The quantitative estimate of drug-likeness (QED) is 0.726. The van der Waals surface area contributed by atoms with E-state index < -0.39 is 0 Å². The fraction of sp³-hybridized carbons (Fsp3) is 0.360. The van der Waals surface area contributed by atoms with Crippen molar-refractivity contribution in [2.24, 2.45) is 0 Å². The number of rotatable bonds is 4. The van der Waals surface area contributed by atoms with E-state index in [0.29, 0.717) is 18.5 Å². The van der Waals surface area contributed by atoms with Gasteiger partial charge in [0.2, 0.25) is 0 Å². The van der Waals surface area contributed by atoms with Crippen LogP contribution in [0.1, 0.15) is 64.0 Å². The van der Waals surface area contributed by atoms with Gasteiger partial charge in [-0.1, -0.05) is 41.5 Å². The van der Waals surface area contributed by atoms with E-state index in [2.05, 4.69) is 31.7 Å². The van der Waals surface area contributed by atoms with Crippen molar-refractivity contribution >= 4 is 12.0 Å². The molecule has 4 heteroatoms. The molecule has 0 N–H and O–H groups in total. The highest BCUT2D eigenvalue weighted by Gasteiger charge is 2.30. The van der Waals surface area contributed by atoms with Crippen LogP contribution in [0.3, 0.4) is 0 Å². The summed E-state index contributed by atoms with van der Waals surface area (Å²) in [5.41, 5.74) is 7.04. The van der Waals surface area contributed by atoms with Crippen LogP contribution in [0.15, 0.2) is 47.4 Å². The summed E-state index contributed by atoms with van der Waals surface area (Å²) in [4.78, 5) is 28.3. The van der Waals surface area contributed by atoms with Gasteiger partial charge in [0.25, 0.3) is 11.5 Å². The van der Waals surface area contributed by atoms with Crippen molar-refractivity contribution in [1.29, 1.82) is 0 Å². The van der Waals surface area contributed by atoms with Crippen LogP contribution in [0.4, 0.5) is 0 Å². The second kappa shape index (κ2) is 7.51. The van der Waals surface area contributed by atoms with Gasteiger partial charge in [0.1, 0.15) is 0 Å². The van der Waals surface area contributed by atoms with Crippen LogP contribution in [0.5, 0.6) is 0 Å². The summed E-state index contributed by atoms with van der Waals surface area (Å²) in [7, 11) is 1.89. The third-order valence-electron chi connectivity index (χ3n) is 6.19. The van der Waals surface area contributed by atoms with Gasteiger partial charge >= 0.3 is 0 Å². The monoisotopic (exact) mass is 388 g/mol. The van der Waals surface area contributed by atoms with Crippen LogP contribution in [0.25, 0.3) is 6.08 Å². The number of amides is 1. The Bertz CT molecular complexity index is 1090. The van der Waals surface area contributed by atoms with E-state index in [-0.39, 0.29) is 17.5 Å². The number of carbonyl (C=O) groups is 1. The van der Waals surface area contributed by atoms with E-state index >= 15 is 0 Å². The van der Waals surface area contributed by atoms with Crippen LogP contribution in [0.2, 0.25) is 0 Å². The molecule has 2 aliphatic carbocycles. The zero-order chi connectivity index (χ0) is 20.7. The molecule has 0 radical (unpaired) electrons. The van der Waals surface area contributed by atoms with Gasteiger partial charge in [0.15, 0.2) is 0 Å². The number of hydrogen-bond donors (Lipinski definition) is 0. The summed E-state index contributed by atoms with van der Waals surface area (Å²) in [5.74, 6) is -0.0237. The number of carbonyl (C=O) groups excluding carboxylic acids is 1. The van der Waals surface area contributed by atoms with Gasteiger partial charge in [0, 0.05) is 25.4 Å². The standard InChI is InChI=1S/C25H28N2O2/c1-5-11-27-15-22(20-13-17(3)14-21(20)25(27)29)24(28)26(4)23-8-6-7-18-10-9-16(2)12-19(18)23/h5,9-10,12-13,15,23H,1,6-8,11,14H2,2-4H3. The Morgan fingerprint density at radius 1 is 1.34 bits per heavy atom. The average molecular weight is 389 g/mol. The minimum absolute atomic E-state index is 0.0224. The number of aromatic nitrogens is 1. The molecule has 29 heavy (non-hydrogen) atoms. The number of allylic oxidation sites excluding steroid dienone is 2. The lowest BCUT2D eigenvalue weighted by molar-refractivity contribution is 0.0713. The van der Waals surface area contributed by atoms with Crippen LogP contribution in [0, 0.1) is 6.92 Å². The largest absolute Gasteiger partial charge is 0.335 e. The molecule has 1 aromatic carbocycles. The van der Waals surface area contributed by atoms with Crippen LogP contribution in [-0.4, -0.2) is 22.4 Å². The van der Waals surface area contributed by atoms with Crippen LogP contribution >= 0.6 is 0 Å². The average Bonchev–Trinajstić information content (AvgIpc) is 3.10. The third kappa shape index (κ3) is 3.37. The van der Waals surface area contributed by atoms with Crippen LogP contribution < -0.4 is 5.56 Å². The number of nitrogens with zero attached hydrogens (tertiary/aromatic N) is 2. The van der Waals surface area contributed by atoms with Crippen molar-refractivity contribution in [2.75, 3.05) is 7.05 Å². The van der Waals surface area contributed by atoms with Crippen molar-refractivity contribution in [2.45, 2.75) is 52.1 Å². The number of aryl methyl sites for hydroxylation is 2. The molecule has 1 heterocycles. The van der Waals surface area contributed by atoms with Gasteiger partial charge in [-0.2, -0.15) is 0 Å². The molecule has 1 unspecified atom stereocenters. The van der Waals surface area contributed by atoms with E-state index in [9.17, 15) is 9.59 Å². The molecule has 0 saturated heterocycles. The summed E-state index contributed by atoms with van der Waals surface area (Å²) in [5, 5.41) is 0. The molecule has 1 atom stereocenters. The number of hydrogen-bond acceptors (Lipinski definition) is 2. The number of fused-ring (bicyclic) bond motifs is 2. The minimum Gasteiger partial charge on any atom is -0.335 e. The van der Waals surface area contributed by atoms with Crippen molar-refractivity contribution in [3.63, 3.8) is 0 Å². The number of pyridine rings is 1. The Balaban J connectivity index is 1.77. The normalized spacial score (nSPS) is 17.3. The van der Waals surface area contributed by atoms with Crippen LogP contribution in [-0.2, 0) is 19.4 Å². The molecule has 1 amide bonds. The fourth-order valence-corrected chi connectivity index (χ4v) is 4.72. The molecule has 2 aliphatic rings. The molecule has 4 nitrogen and oxygen atoms in total. The first-order chi connectivity index (χ1) is 13.9. The number of benzene rings is 1. The van der Waals surface area contributed by atoms with Gasteiger partial charge in [-0.3, -0.25) is 9.59 Å². The highest BCUT2D eigenvalue weighted by molar-refractivity contribution is 5.99. The molecule has 2 aromatic rings. The van der Waals surface area contributed by atoms with Crippen molar-refractivity contribution in [3.8, 4) is 0 Å². The SMILES string of the molecule is C=CCn1cc(C(=O)N(C)C2CCCc3ccc(C)cc32)c2c(c1=O)CC(C)=C2. The summed E-state index contributed by atoms with van der Waals surface area (Å²) in [6.45, 7) is 8.26. The Morgan fingerprint density at radius 2 is 2.14 bits per heavy atom. The van der Waals surface area contributed by atoms with Gasteiger partial charge in [-0.05, 0) is 56.2 Å². The van der Waals surface area contributed by atoms with E-state index in [4.69, 9.17) is 0 Å². The fourth-order valence-electron chi connectivity index (χ4n) is 4.72. The molecule has 0 bridgehead atoms. The maximum Gasteiger partial charge on any atom is 0.256 e. The first-order valence-electron chi connectivity index (χ1n) is 10.3. The summed E-state index contributed by atoms with van der Waals surface area (Å²) >= 11 is 0. The molecule has 0 spiro atoms. The van der Waals surface area contributed by atoms with E-state index in [1.165, 1.54) is 16.7 Å². The van der Waals surface area contributed by atoms with E-state index in [1.54, 1.807) is 16.8 Å². The summed E-state index contributed by atoms with van der Waals surface area (Å²) in [6, 6.07) is 6.63. The lowest BCUT2D eigenvalue weighted by atomic mass is 9.85. The highest BCUT2D eigenvalue weighted by Crippen LogP contribution is 2.36. The van der Waals surface area contributed by atoms with E-state index in [1.807, 2.05) is 24.9 Å². The Labute approximate surface area is 172 Å². The van der Waals surface area contributed by atoms with Crippen molar-refractivity contribution in [1.82, 2.24) is 9.47 Å². The minimum atomic E-state index is -0.0237. The molecule has 150 valence electrons. The predicted octanol–water partition coefficient (Wildman–Crippen LogP) is 4.45. The molecule has 0 fully saturated rings. The lowest BCUT2D eigenvalue weighted by Crippen LogP contribution is -2.35. The van der Waals surface area contributed by atoms with Gasteiger partial charge in [0.05, 0.1) is 11.6 Å². The Hall–Kier alpha value is -2.88. The van der Waals surface area contributed by atoms with Crippen molar-refractivity contribution in [3.05, 3.63) is 86.4 Å². The van der Waals surface area contributed by atoms with E-state index in [0.717, 1.165) is 36.0 Å². The summed E-state index contributed by atoms with van der Waals surface area (Å²) in [6.07, 6.45) is 9.12. The maximum absolute atomic E-state index is 13.6. The summed E-state index contributed by atoms with van der Waals surface area (Å²) < 4.78 is 1.61. The van der Waals surface area contributed by atoms with Crippen molar-refractivity contribution < 1.29 is 4.79 Å². The molecular weight excluding hydrogens is 360 g/mol. The second-order valence-corrected chi connectivity index (χ2v) is 8.38. The smallest absolute Gasteiger partial charge is 0.256 e. The maximum atomic E-state index is 13.6. The van der Waals surface area contributed by atoms with Gasteiger partial charge in [-0.25, -0.2) is 0 Å². The first-order valence-corrected chi connectivity index (χ1v) is 10.3. The zero-order valence-electron chi connectivity index (χ0n) is 17.5.